The minimum atomic E-state index is -0.839. The van der Waals surface area contributed by atoms with Crippen LogP contribution < -0.4 is 0 Å². The molecule has 6 heteroatoms. The van der Waals surface area contributed by atoms with Gasteiger partial charge >= 0.3 is 0 Å². The average molecular weight is 311 g/mol. The molecule has 0 aliphatic rings. The molecule has 1 unspecified atom stereocenters. The highest BCUT2D eigenvalue weighted by molar-refractivity contribution is 5.77. The summed E-state index contributed by atoms with van der Waals surface area (Å²) in [4.78, 5) is 14.7. The molecule has 0 aliphatic heterocycles. The van der Waals surface area contributed by atoms with E-state index in [1.807, 2.05) is 30.5 Å². The number of aliphatic hydroxyl groups excluding tert-OH is 1. The van der Waals surface area contributed by atoms with Gasteiger partial charge in [0.05, 0.1) is 34.9 Å². The Kier molecular flexibility index (Phi) is 3.83. The normalized spacial score (nSPS) is 12.5. The summed E-state index contributed by atoms with van der Waals surface area (Å²) in [5.74, 6) is 0. The molecule has 0 saturated carbocycles. The van der Waals surface area contributed by atoms with Crippen LogP contribution in [0.1, 0.15) is 22.8 Å². The van der Waals surface area contributed by atoms with Crippen molar-refractivity contribution in [3.63, 3.8) is 0 Å². The van der Waals surface area contributed by atoms with Gasteiger partial charge in [-0.15, -0.1) is 0 Å². The smallest absolute Gasteiger partial charge is 0.269 e. The van der Waals surface area contributed by atoms with Gasteiger partial charge in [-0.3, -0.25) is 10.1 Å². The Morgan fingerprint density at radius 1 is 1.26 bits per heavy atom. The van der Waals surface area contributed by atoms with E-state index in [0.717, 1.165) is 16.6 Å². The topological polar surface area (TPSA) is 81.2 Å². The van der Waals surface area contributed by atoms with E-state index in [0.29, 0.717) is 12.1 Å². The van der Waals surface area contributed by atoms with Gasteiger partial charge in [0, 0.05) is 12.1 Å². The summed E-state index contributed by atoms with van der Waals surface area (Å²) >= 11 is 0. The maximum absolute atomic E-state index is 10.8. The number of benzene rings is 2. The Hall–Kier alpha value is -2.73. The van der Waals surface area contributed by atoms with Crippen LogP contribution in [-0.4, -0.2) is 19.6 Å². The molecule has 23 heavy (non-hydrogen) atoms. The van der Waals surface area contributed by atoms with E-state index < -0.39 is 11.0 Å². The van der Waals surface area contributed by atoms with Crippen LogP contribution in [0.3, 0.4) is 0 Å². The van der Waals surface area contributed by atoms with Crippen molar-refractivity contribution in [1.82, 2.24) is 9.55 Å². The van der Waals surface area contributed by atoms with Crippen LogP contribution >= 0.6 is 0 Å². The molecule has 0 bridgehead atoms. The molecule has 3 aromatic rings. The number of nitro benzene ring substituents is 1. The first-order chi connectivity index (χ1) is 11.0. The van der Waals surface area contributed by atoms with E-state index in [1.54, 1.807) is 18.5 Å². The standard InChI is InChI=1S/C17H17N3O3/c1-11-6-15-16(7-12(11)2)19(10-18-15)9-17(21)13-4-3-5-14(8-13)20(22)23/h3-8,10,17,21H,9H2,1-2H3. The van der Waals surface area contributed by atoms with Crippen LogP contribution in [0.15, 0.2) is 42.7 Å². The molecule has 0 saturated heterocycles. The molecule has 6 nitrogen and oxygen atoms in total. The molecule has 1 N–H and O–H groups in total. The molecule has 0 spiro atoms. The highest BCUT2D eigenvalue weighted by Gasteiger charge is 2.14. The van der Waals surface area contributed by atoms with E-state index in [2.05, 4.69) is 4.98 Å². The number of nitrogens with zero attached hydrogens (tertiary/aromatic N) is 3. The molecule has 1 atom stereocenters. The molecule has 0 amide bonds. The van der Waals surface area contributed by atoms with Crippen LogP contribution in [0, 0.1) is 24.0 Å². The van der Waals surface area contributed by atoms with Gasteiger partial charge in [-0.05, 0) is 42.7 Å². The van der Waals surface area contributed by atoms with E-state index in [9.17, 15) is 15.2 Å². The number of nitro groups is 1. The van der Waals surface area contributed by atoms with Crippen molar-refractivity contribution in [2.24, 2.45) is 0 Å². The number of non-ortho nitro benzene ring substituents is 1. The number of hydrogen-bond donors (Lipinski definition) is 1. The Morgan fingerprint density at radius 3 is 2.74 bits per heavy atom. The lowest BCUT2D eigenvalue weighted by atomic mass is 10.1. The first-order valence-electron chi connectivity index (χ1n) is 7.30. The lowest BCUT2D eigenvalue weighted by Crippen LogP contribution is -2.08. The van der Waals surface area contributed by atoms with Crippen LogP contribution in [-0.2, 0) is 6.54 Å². The second-order valence-electron chi connectivity index (χ2n) is 5.69. The lowest BCUT2D eigenvalue weighted by Gasteiger charge is -2.13. The Bertz CT molecular complexity index is 886. The van der Waals surface area contributed by atoms with Gasteiger partial charge in [0.15, 0.2) is 0 Å². The van der Waals surface area contributed by atoms with Gasteiger partial charge in [0.1, 0.15) is 0 Å². The number of fused-ring (bicyclic) bond motifs is 1. The second kappa shape index (κ2) is 5.81. The highest BCUT2D eigenvalue weighted by atomic mass is 16.6. The number of aromatic nitrogens is 2. The minimum Gasteiger partial charge on any atom is -0.387 e. The molecule has 0 fully saturated rings. The molecule has 0 aliphatic carbocycles. The Labute approximate surface area is 133 Å². The summed E-state index contributed by atoms with van der Waals surface area (Å²) in [7, 11) is 0. The third kappa shape index (κ3) is 2.93. The number of rotatable bonds is 4. The summed E-state index contributed by atoms with van der Waals surface area (Å²) in [6.07, 6.45) is 0.846. The summed E-state index contributed by atoms with van der Waals surface area (Å²) < 4.78 is 1.87. The quantitative estimate of drug-likeness (QED) is 0.592. The van der Waals surface area contributed by atoms with Crippen molar-refractivity contribution < 1.29 is 10.0 Å². The molecule has 118 valence electrons. The second-order valence-corrected chi connectivity index (χ2v) is 5.69. The van der Waals surface area contributed by atoms with E-state index in [1.165, 1.54) is 17.7 Å². The largest absolute Gasteiger partial charge is 0.387 e. The zero-order chi connectivity index (χ0) is 16.6. The van der Waals surface area contributed by atoms with Gasteiger partial charge < -0.3 is 9.67 Å². The first-order valence-corrected chi connectivity index (χ1v) is 7.30. The van der Waals surface area contributed by atoms with Gasteiger partial charge in [0.2, 0.25) is 0 Å². The van der Waals surface area contributed by atoms with Gasteiger partial charge in [-0.1, -0.05) is 12.1 Å². The fourth-order valence-corrected chi connectivity index (χ4v) is 2.60. The van der Waals surface area contributed by atoms with Crippen molar-refractivity contribution in [3.8, 4) is 0 Å². The average Bonchev–Trinajstić information content (AvgIpc) is 2.90. The predicted octanol–water partition coefficient (Wildman–Crippen LogP) is 3.29. The zero-order valence-corrected chi connectivity index (χ0v) is 12.9. The first kappa shape index (κ1) is 15.2. The van der Waals surface area contributed by atoms with Crippen molar-refractivity contribution in [2.75, 3.05) is 0 Å². The van der Waals surface area contributed by atoms with Crippen molar-refractivity contribution in [2.45, 2.75) is 26.5 Å². The van der Waals surface area contributed by atoms with Crippen LogP contribution in [0.4, 0.5) is 5.69 Å². The van der Waals surface area contributed by atoms with Crippen molar-refractivity contribution in [3.05, 3.63) is 69.5 Å². The fourth-order valence-electron chi connectivity index (χ4n) is 2.60. The molecule has 2 aromatic carbocycles. The van der Waals surface area contributed by atoms with Crippen LogP contribution in [0.2, 0.25) is 0 Å². The number of hydrogen-bond acceptors (Lipinski definition) is 4. The van der Waals surface area contributed by atoms with Gasteiger partial charge in [0.25, 0.3) is 5.69 Å². The predicted molar refractivity (Wildman–Crippen MR) is 87.3 cm³/mol. The summed E-state index contributed by atoms with van der Waals surface area (Å²) in [6, 6.07) is 10.1. The molecule has 1 heterocycles. The molecule has 1 aromatic heterocycles. The van der Waals surface area contributed by atoms with E-state index in [-0.39, 0.29) is 5.69 Å². The molecular weight excluding hydrogens is 294 g/mol. The third-order valence-electron chi connectivity index (χ3n) is 4.07. The summed E-state index contributed by atoms with van der Waals surface area (Å²) in [6.45, 7) is 4.36. The zero-order valence-electron chi connectivity index (χ0n) is 12.9. The molecular formula is C17H17N3O3. The van der Waals surface area contributed by atoms with E-state index in [4.69, 9.17) is 0 Å². The monoisotopic (exact) mass is 311 g/mol. The van der Waals surface area contributed by atoms with Crippen LogP contribution in [0.5, 0.6) is 0 Å². The fraction of sp³-hybridized carbons (Fsp3) is 0.235. The Balaban J connectivity index is 1.91. The minimum absolute atomic E-state index is 0.0245. The van der Waals surface area contributed by atoms with Crippen molar-refractivity contribution in [1.29, 1.82) is 0 Å². The van der Waals surface area contributed by atoms with Gasteiger partial charge in [-0.25, -0.2) is 4.98 Å². The van der Waals surface area contributed by atoms with Crippen LogP contribution in [0.25, 0.3) is 11.0 Å². The number of aliphatic hydroxyl groups is 1. The van der Waals surface area contributed by atoms with Crippen molar-refractivity contribution >= 4 is 16.7 Å². The lowest BCUT2D eigenvalue weighted by molar-refractivity contribution is -0.385. The number of aryl methyl sites for hydroxylation is 2. The molecule has 0 radical (unpaired) electrons. The Morgan fingerprint density at radius 2 is 2.00 bits per heavy atom. The van der Waals surface area contributed by atoms with Gasteiger partial charge in [-0.2, -0.15) is 0 Å². The SMILES string of the molecule is Cc1cc2ncn(CC(O)c3cccc([N+](=O)[O-])c3)c2cc1C. The van der Waals surface area contributed by atoms with E-state index >= 15 is 0 Å². The third-order valence-corrected chi connectivity index (χ3v) is 4.07. The maximum atomic E-state index is 10.8. The highest BCUT2D eigenvalue weighted by Crippen LogP contribution is 2.23. The maximum Gasteiger partial charge on any atom is 0.269 e. The summed E-state index contributed by atoms with van der Waals surface area (Å²) in [5, 5.41) is 21.3. The molecule has 3 rings (SSSR count). The number of imidazole rings is 1. The summed E-state index contributed by atoms with van der Waals surface area (Å²) in [5.41, 5.74) is 4.64.